The molecule has 21 heavy (non-hydrogen) atoms. The largest absolute Gasteiger partial charge is 0.389 e. The number of ether oxygens (including phenoxy) is 1. The van der Waals surface area contributed by atoms with Crippen molar-refractivity contribution in [1.82, 2.24) is 4.90 Å². The molecule has 1 fully saturated rings. The zero-order valence-electron chi connectivity index (χ0n) is 13.0. The average Bonchev–Trinajstić information content (AvgIpc) is 2.39. The molecular formula is C17H26FNO2. The Balaban J connectivity index is 1.70. The molecule has 0 spiro atoms. The molecule has 2 rings (SSSR count). The molecule has 118 valence electrons. The Morgan fingerprint density at radius 2 is 1.95 bits per heavy atom. The first kappa shape index (κ1) is 16.4. The summed E-state index contributed by atoms with van der Waals surface area (Å²) in [5.74, 6) is 1.10. The maximum atomic E-state index is 13.4. The molecule has 0 saturated carbocycles. The maximum Gasteiger partial charge on any atom is 0.128 e. The topological polar surface area (TPSA) is 32.7 Å². The average molecular weight is 295 g/mol. The van der Waals surface area contributed by atoms with Crippen molar-refractivity contribution in [3.63, 3.8) is 0 Å². The fraction of sp³-hybridized carbons (Fsp3) is 0.647. The van der Waals surface area contributed by atoms with Gasteiger partial charge in [0.2, 0.25) is 0 Å². The van der Waals surface area contributed by atoms with Crippen LogP contribution in [0.1, 0.15) is 25.8 Å². The van der Waals surface area contributed by atoms with Crippen LogP contribution in [0.5, 0.6) is 0 Å². The lowest BCUT2D eigenvalue weighted by Crippen LogP contribution is -2.43. The lowest BCUT2D eigenvalue weighted by molar-refractivity contribution is -0.00151. The fourth-order valence-electron chi connectivity index (χ4n) is 3.21. The van der Waals surface area contributed by atoms with Crippen molar-refractivity contribution in [2.45, 2.75) is 33.0 Å². The number of benzene rings is 1. The molecule has 0 unspecified atom stereocenters. The van der Waals surface area contributed by atoms with Gasteiger partial charge in [0.1, 0.15) is 5.82 Å². The van der Waals surface area contributed by atoms with E-state index in [-0.39, 0.29) is 19.0 Å². The second kappa shape index (κ2) is 7.87. The molecule has 0 bridgehead atoms. The Labute approximate surface area is 126 Å². The highest BCUT2D eigenvalue weighted by atomic mass is 19.1. The van der Waals surface area contributed by atoms with Gasteiger partial charge in [-0.2, -0.15) is 0 Å². The Hall–Kier alpha value is -0.970. The number of nitrogens with zero attached hydrogens (tertiary/aromatic N) is 1. The van der Waals surface area contributed by atoms with Gasteiger partial charge < -0.3 is 14.7 Å². The van der Waals surface area contributed by atoms with Gasteiger partial charge in [-0.05, 0) is 24.3 Å². The minimum Gasteiger partial charge on any atom is -0.389 e. The highest BCUT2D eigenvalue weighted by Gasteiger charge is 2.23. The number of likely N-dealkylation sites (tertiary alicyclic amines) is 1. The number of β-amino-alcohol motifs (C(OH)–C–C–N with tert-alkyl or cyclic N) is 1. The smallest absolute Gasteiger partial charge is 0.128 e. The number of rotatable bonds is 6. The highest BCUT2D eigenvalue weighted by molar-refractivity contribution is 5.16. The molecule has 0 aliphatic carbocycles. The van der Waals surface area contributed by atoms with Gasteiger partial charge in [-0.15, -0.1) is 0 Å². The molecule has 0 radical (unpaired) electrons. The monoisotopic (exact) mass is 295 g/mol. The lowest BCUT2D eigenvalue weighted by atomic mass is 9.92. The van der Waals surface area contributed by atoms with E-state index in [9.17, 15) is 9.50 Å². The molecule has 1 aliphatic heterocycles. The summed E-state index contributed by atoms with van der Waals surface area (Å²) >= 11 is 0. The van der Waals surface area contributed by atoms with Crippen LogP contribution in [0.25, 0.3) is 0 Å². The van der Waals surface area contributed by atoms with Gasteiger partial charge in [0.05, 0.1) is 19.3 Å². The van der Waals surface area contributed by atoms with Crippen LogP contribution in [0.4, 0.5) is 4.39 Å². The summed E-state index contributed by atoms with van der Waals surface area (Å²) in [6, 6.07) is 6.57. The number of aliphatic hydroxyl groups excluding tert-OH is 1. The summed E-state index contributed by atoms with van der Waals surface area (Å²) in [5.41, 5.74) is 0.532. The van der Waals surface area contributed by atoms with E-state index in [1.54, 1.807) is 18.2 Å². The molecule has 0 aromatic heterocycles. The van der Waals surface area contributed by atoms with Gasteiger partial charge in [0.15, 0.2) is 0 Å². The molecule has 1 N–H and O–H groups in total. The van der Waals surface area contributed by atoms with Gasteiger partial charge in [-0.3, -0.25) is 0 Å². The molecule has 0 amide bonds. The van der Waals surface area contributed by atoms with Crippen molar-refractivity contribution < 1.29 is 14.2 Å². The Morgan fingerprint density at radius 3 is 2.62 bits per heavy atom. The quantitative estimate of drug-likeness (QED) is 0.876. The van der Waals surface area contributed by atoms with Crippen LogP contribution in [0.3, 0.4) is 0 Å². The van der Waals surface area contributed by atoms with Gasteiger partial charge in [0, 0.05) is 25.2 Å². The van der Waals surface area contributed by atoms with Gasteiger partial charge in [-0.1, -0.05) is 32.0 Å². The summed E-state index contributed by atoms with van der Waals surface area (Å²) in [6.45, 7) is 7.66. The van der Waals surface area contributed by atoms with Gasteiger partial charge in [0.25, 0.3) is 0 Å². The SMILES string of the molecule is C[C@@H]1C[C@@H](C)CN(C[C@@H](O)COCc2ccccc2F)C1. The second-order valence-electron chi connectivity index (χ2n) is 6.42. The molecular weight excluding hydrogens is 269 g/mol. The molecule has 1 aromatic carbocycles. The molecule has 1 saturated heterocycles. The van der Waals surface area contributed by atoms with Gasteiger partial charge in [-0.25, -0.2) is 4.39 Å². The van der Waals surface area contributed by atoms with Crippen molar-refractivity contribution in [1.29, 1.82) is 0 Å². The minimum absolute atomic E-state index is 0.205. The standard InChI is InChI=1S/C17H26FNO2/c1-13-7-14(2)9-19(8-13)10-16(20)12-21-11-15-5-3-4-6-17(15)18/h3-6,13-14,16,20H,7-12H2,1-2H3/t13-,14-,16-/m1/s1. The van der Waals surface area contributed by atoms with E-state index >= 15 is 0 Å². The predicted molar refractivity (Wildman–Crippen MR) is 81.4 cm³/mol. The van der Waals surface area contributed by atoms with Crippen molar-refractivity contribution >= 4 is 0 Å². The van der Waals surface area contributed by atoms with E-state index in [0.29, 0.717) is 23.9 Å². The summed E-state index contributed by atoms with van der Waals surface area (Å²) in [5, 5.41) is 10.1. The number of piperidine rings is 1. The van der Waals surface area contributed by atoms with E-state index in [1.165, 1.54) is 12.5 Å². The third-order valence-corrected chi connectivity index (χ3v) is 3.94. The summed E-state index contributed by atoms with van der Waals surface area (Å²) in [4.78, 5) is 2.30. The number of hydrogen-bond donors (Lipinski definition) is 1. The van der Waals surface area contributed by atoms with Crippen LogP contribution in [0, 0.1) is 17.7 Å². The van der Waals surface area contributed by atoms with Crippen LogP contribution in [0.15, 0.2) is 24.3 Å². The Morgan fingerprint density at radius 1 is 1.29 bits per heavy atom. The Kier molecular flexibility index (Phi) is 6.15. The van der Waals surface area contributed by atoms with Crippen molar-refractivity contribution in [2.75, 3.05) is 26.2 Å². The van der Waals surface area contributed by atoms with Crippen LogP contribution in [-0.2, 0) is 11.3 Å². The highest BCUT2D eigenvalue weighted by Crippen LogP contribution is 2.20. The van der Waals surface area contributed by atoms with E-state index < -0.39 is 6.10 Å². The first-order valence-electron chi connectivity index (χ1n) is 7.76. The summed E-state index contributed by atoms with van der Waals surface area (Å²) in [6.07, 6.45) is 0.741. The molecule has 1 aromatic rings. The van der Waals surface area contributed by atoms with Crippen molar-refractivity contribution in [3.8, 4) is 0 Å². The number of halogens is 1. The molecule has 1 heterocycles. The molecule has 3 atom stereocenters. The molecule has 3 nitrogen and oxygen atoms in total. The zero-order valence-corrected chi connectivity index (χ0v) is 13.0. The van der Waals surface area contributed by atoms with Crippen LogP contribution < -0.4 is 0 Å². The van der Waals surface area contributed by atoms with E-state index in [0.717, 1.165) is 13.1 Å². The third kappa shape index (κ3) is 5.38. The van der Waals surface area contributed by atoms with Crippen LogP contribution in [-0.4, -0.2) is 42.4 Å². The van der Waals surface area contributed by atoms with Crippen LogP contribution >= 0.6 is 0 Å². The minimum atomic E-state index is -0.519. The zero-order chi connectivity index (χ0) is 15.2. The summed E-state index contributed by atoms with van der Waals surface area (Å²) < 4.78 is 18.9. The summed E-state index contributed by atoms with van der Waals surface area (Å²) in [7, 11) is 0. The normalized spacial score (nSPS) is 25.0. The first-order valence-corrected chi connectivity index (χ1v) is 7.76. The molecule has 1 aliphatic rings. The molecule has 4 heteroatoms. The van der Waals surface area contributed by atoms with E-state index in [4.69, 9.17) is 4.74 Å². The lowest BCUT2D eigenvalue weighted by Gasteiger charge is -2.35. The van der Waals surface area contributed by atoms with Crippen molar-refractivity contribution in [2.24, 2.45) is 11.8 Å². The van der Waals surface area contributed by atoms with Crippen LogP contribution in [0.2, 0.25) is 0 Å². The van der Waals surface area contributed by atoms with Crippen molar-refractivity contribution in [3.05, 3.63) is 35.6 Å². The van der Waals surface area contributed by atoms with E-state index in [2.05, 4.69) is 18.7 Å². The third-order valence-electron chi connectivity index (χ3n) is 3.94. The number of aliphatic hydroxyl groups is 1. The number of hydrogen-bond acceptors (Lipinski definition) is 3. The second-order valence-corrected chi connectivity index (χ2v) is 6.42. The Bertz CT molecular complexity index is 431. The fourth-order valence-corrected chi connectivity index (χ4v) is 3.21. The first-order chi connectivity index (χ1) is 10.0. The van der Waals surface area contributed by atoms with Gasteiger partial charge >= 0.3 is 0 Å². The van der Waals surface area contributed by atoms with E-state index in [1.807, 2.05) is 0 Å². The predicted octanol–water partition coefficient (Wildman–Crippen LogP) is 2.68. The maximum absolute atomic E-state index is 13.4.